The summed E-state index contributed by atoms with van der Waals surface area (Å²) in [5, 5.41) is 12.5. The summed E-state index contributed by atoms with van der Waals surface area (Å²) in [5.74, 6) is 0.924. The zero-order valence-corrected chi connectivity index (χ0v) is 11.0. The Morgan fingerprint density at radius 3 is 2.71 bits per heavy atom. The topological polar surface area (TPSA) is 56.5 Å². The second-order valence-corrected chi connectivity index (χ2v) is 6.25. The molecule has 0 bridgehead atoms. The maximum absolute atomic E-state index is 4.25. The quantitative estimate of drug-likeness (QED) is 0.820. The molecule has 5 nitrogen and oxygen atoms in total. The van der Waals surface area contributed by atoms with E-state index in [1.807, 2.05) is 6.33 Å². The van der Waals surface area contributed by atoms with Gasteiger partial charge in [-0.2, -0.15) is 0 Å². The fourth-order valence-corrected chi connectivity index (χ4v) is 2.72. The van der Waals surface area contributed by atoms with E-state index >= 15 is 0 Å². The Morgan fingerprint density at radius 1 is 1.29 bits per heavy atom. The summed E-state index contributed by atoms with van der Waals surface area (Å²) < 4.78 is 6.23. The van der Waals surface area contributed by atoms with Crippen molar-refractivity contribution in [3.63, 3.8) is 0 Å². The number of rotatable bonds is 2. The van der Waals surface area contributed by atoms with E-state index in [4.69, 9.17) is 0 Å². The third kappa shape index (κ3) is 1.86. The highest BCUT2D eigenvalue weighted by molar-refractivity contribution is 7.09. The van der Waals surface area contributed by atoms with Crippen molar-refractivity contribution in [1.82, 2.24) is 24.4 Å². The van der Waals surface area contributed by atoms with Crippen LogP contribution in [0.4, 0.5) is 0 Å². The lowest BCUT2D eigenvalue weighted by atomic mass is 9.91. The van der Waals surface area contributed by atoms with Gasteiger partial charge in [0.1, 0.15) is 11.2 Å². The first-order valence-electron chi connectivity index (χ1n) is 5.80. The lowest BCUT2D eigenvalue weighted by molar-refractivity contribution is 0.567. The summed E-state index contributed by atoms with van der Waals surface area (Å²) in [6.45, 7) is 6.43. The minimum atomic E-state index is -0.0112. The van der Waals surface area contributed by atoms with Crippen molar-refractivity contribution in [1.29, 1.82) is 0 Å². The summed E-state index contributed by atoms with van der Waals surface area (Å²) in [6.07, 6.45) is 4.27. The normalized spacial score (nSPS) is 16.4. The molecule has 0 amide bonds. The van der Waals surface area contributed by atoms with Crippen LogP contribution < -0.4 is 0 Å². The van der Waals surface area contributed by atoms with E-state index in [2.05, 4.69) is 45.1 Å². The van der Waals surface area contributed by atoms with E-state index in [-0.39, 0.29) is 5.41 Å². The minimum absolute atomic E-state index is 0.0112. The molecule has 0 radical (unpaired) electrons. The fourth-order valence-electron chi connectivity index (χ4n) is 1.85. The van der Waals surface area contributed by atoms with Gasteiger partial charge in [-0.1, -0.05) is 25.3 Å². The van der Waals surface area contributed by atoms with Gasteiger partial charge in [-0.05, 0) is 24.4 Å². The maximum Gasteiger partial charge on any atom is 0.177 e. The molecule has 0 aromatic carbocycles. The van der Waals surface area contributed by atoms with Crippen molar-refractivity contribution in [3.05, 3.63) is 12.0 Å². The maximum atomic E-state index is 4.25. The Balaban J connectivity index is 2.09. The number of aromatic nitrogens is 5. The molecule has 2 heterocycles. The summed E-state index contributed by atoms with van der Waals surface area (Å²) in [7, 11) is 0. The average molecular weight is 249 g/mol. The Kier molecular flexibility index (Phi) is 2.29. The molecule has 0 atom stereocenters. The highest BCUT2D eigenvalue weighted by Crippen LogP contribution is 2.40. The molecule has 0 aliphatic heterocycles. The highest BCUT2D eigenvalue weighted by atomic mass is 32.1. The first-order valence-corrected chi connectivity index (χ1v) is 6.57. The van der Waals surface area contributed by atoms with Gasteiger partial charge in [-0.15, -0.1) is 15.3 Å². The van der Waals surface area contributed by atoms with Gasteiger partial charge in [-0.25, -0.2) is 0 Å². The molecule has 1 fully saturated rings. The zero-order valence-electron chi connectivity index (χ0n) is 10.2. The summed E-state index contributed by atoms with van der Waals surface area (Å²) >= 11 is 1.41. The minimum Gasteiger partial charge on any atom is -0.310 e. The van der Waals surface area contributed by atoms with Gasteiger partial charge >= 0.3 is 0 Å². The van der Waals surface area contributed by atoms with Crippen LogP contribution in [0.5, 0.6) is 0 Å². The van der Waals surface area contributed by atoms with Crippen LogP contribution in [-0.4, -0.2) is 24.4 Å². The highest BCUT2D eigenvalue weighted by Gasteiger charge is 2.30. The molecule has 90 valence electrons. The fraction of sp³-hybridized carbons (Fsp3) is 0.636. The molecule has 0 N–H and O–H groups in total. The summed E-state index contributed by atoms with van der Waals surface area (Å²) in [5.41, 5.74) is 1.00. The Morgan fingerprint density at radius 2 is 2.06 bits per heavy atom. The van der Waals surface area contributed by atoms with Crippen LogP contribution in [-0.2, 0) is 5.41 Å². The molecule has 1 saturated carbocycles. The van der Waals surface area contributed by atoms with Crippen molar-refractivity contribution < 1.29 is 0 Å². The van der Waals surface area contributed by atoms with E-state index in [0.29, 0.717) is 6.04 Å². The molecule has 2 aromatic heterocycles. The van der Waals surface area contributed by atoms with Gasteiger partial charge in [0.25, 0.3) is 0 Å². The van der Waals surface area contributed by atoms with Gasteiger partial charge in [-0.3, -0.25) is 0 Å². The Bertz CT molecular complexity index is 532. The van der Waals surface area contributed by atoms with Crippen LogP contribution >= 0.6 is 11.5 Å². The van der Waals surface area contributed by atoms with Gasteiger partial charge in [0.15, 0.2) is 5.82 Å². The summed E-state index contributed by atoms with van der Waals surface area (Å²) in [6, 6.07) is 0.579. The number of hydrogen-bond acceptors (Lipinski definition) is 5. The standard InChI is InChI=1S/C11H15N5S/c1-11(2,3)9-8(17-15-13-9)10-14-12-6-16(10)7-4-5-7/h6-7H,4-5H2,1-3H3. The van der Waals surface area contributed by atoms with E-state index < -0.39 is 0 Å². The molecule has 1 aliphatic carbocycles. The van der Waals surface area contributed by atoms with Crippen molar-refractivity contribution >= 4 is 11.5 Å². The first kappa shape index (κ1) is 10.8. The van der Waals surface area contributed by atoms with E-state index in [9.17, 15) is 0 Å². The van der Waals surface area contributed by atoms with Crippen LogP contribution in [0.25, 0.3) is 10.7 Å². The van der Waals surface area contributed by atoms with Crippen molar-refractivity contribution in [2.45, 2.75) is 45.1 Å². The molecule has 0 saturated heterocycles. The molecule has 0 spiro atoms. The van der Waals surface area contributed by atoms with E-state index in [1.54, 1.807) is 0 Å². The predicted molar refractivity (Wildman–Crippen MR) is 65.9 cm³/mol. The molecule has 3 rings (SSSR count). The van der Waals surface area contributed by atoms with Gasteiger partial charge in [0, 0.05) is 11.5 Å². The zero-order chi connectivity index (χ0) is 12.0. The third-order valence-corrected chi connectivity index (χ3v) is 3.64. The average Bonchev–Trinajstić information content (AvgIpc) is 2.81. The lowest BCUT2D eigenvalue weighted by Gasteiger charge is -2.16. The van der Waals surface area contributed by atoms with Crippen LogP contribution in [0.1, 0.15) is 45.3 Å². The van der Waals surface area contributed by atoms with Crippen LogP contribution in [0, 0.1) is 0 Å². The monoisotopic (exact) mass is 249 g/mol. The largest absolute Gasteiger partial charge is 0.310 e. The molecule has 1 aliphatic rings. The van der Waals surface area contributed by atoms with Gasteiger partial charge in [0.2, 0.25) is 0 Å². The van der Waals surface area contributed by atoms with Gasteiger partial charge in [0.05, 0.1) is 5.69 Å². The van der Waals surface area contributed by atoms with E-state index in [0.717, 1.165) is 16.4 Å². The molecular weight excluding hydrogens is 234 g/mol. The third-order valence-electron chi connectivity index (χ3n) is 2.91. The molecule has 17 heavy (non-hydrogen) atoms. The molecule has 0 unspecified atom stereocenters. The summed E-state index contributed by atoms with van der Waals surface area (Å²) in [4.78, 5) is 1.06. The molecular formula is C11H15N5S. The van der Waals surface area contributed by atoms with E-state index in [1.165, 1.54) is 24.4 Å². The smallest absolute Gasteiger partial charge is 0.177 e. The SMILES string of the molecule is CC(C)(C)c1nnsc1-c1nncn1C1CC1. The van der Waals surface area contributed by atoms with Crippen molar-refractivity contribution in [3.8, 4) is 10.7 Å². The Hall–Kier alpha value is -1.30. The van der Waals surface area contributed by atoms with Crippen LogP contribution in [0.2, 0.25) is 0 Å². The second-order valence-electron chi connectivity index (χ2n) is 5.49. The Labute approximate surface area is 104 Å². The van der Waals surface area contributed by atoms with Crippen LogP contribution in [0.15, 0.2) is 6.33 Å². The number of nitrogens with zero attached hydrogens (tertiary/aromatic N) is 5. The molecule has 2 aromatic rings. The first-order chi connectivity index (χ1) is 8.07. The second kappa shape index (κ2) is 3.60. The van der Waals surface area contributed by atoms with Crippen molar-refractivity contribution in [2.75, 3.05) is 0 Å². The number of hydrogen-bond donors (Lipinski definition) is 0. The predicted octanol–water partition coefficient (Wildman–Crippen LogP) is 2.43. The van der Waals surface area contributed by atoms with Crippen LogP contribution in [0.3, 0.4) is 0 Å². The lowest BCUT2D eigenvalue weighted by Crippen LogP contribution is -2.13. The van der Waals surface area contributed by atoms with Gasteiger partial charge < -0.3 is 4.57 Å². The van der Waals surface area contributed by atoms with Crippen molar-refractivity contribution in [2.24, 2.45) is 0 Å². The molecule has 6 heteroatoms.